The van der Waals surface area contributed by atoms with E-state index in [2.05, 4.69) is 144 Å². The quantitative estimate of drug-likeness (QED) is 0.226. The van der Waals surface area contributed by atoms with Gasteiger partial charge in [0, 0.05) is 21.8 Å². The zero-order chi connectivity index (χ0) is 25.5. The summed E-state index contributed by atoms with van der Waals surface area (Å²) in [4.78, 5) is 0. The van der Waals surface area contributed by atoms with Gasteiger partial charge in [0.1, 0.15) is 0 Å². The fourth-order valence-electron chi connectivity index (χ4n) is 6.85. The fraction of sp³-hybridized carbons (Fsp3) is 0. The Morgan fingerprint density at radius 2 is 1.08 bits per heavy atom. The van der Waals surface area contributed by atoms with Crippen molar-refractivity contribution in [1.82, 2.24) is 4.57 Å². The Bertz CT molecular complexity index is 2270. The van der Waals surface area contributed by atoms with E-state index >= 15 is 0 Å². The Hall–Kier alpha value is -5.14. The lowest BCUT2D eigenvalue weighted by Crippen LogP contribution is -1.96. The lowest BCUT2D eigenvalue weighted by molar-refractivity contribution is 1.19. The number of nitrogens with zero attached hydrogens (tertiary/aromatic N) is 1. The van der Waals surface area contributed by atoms with Crippen molar-refractivity contribution in [2.24, 2.45) is 0 Å². The Balaban J connectivity index is 1.54. The number of fused-ring (bicyclic) bond motifs is 5. The highest BCUT2D eigenvalue weighted by molar-refractivity contribution is 6.34. The fourth-order valence-corrected chi connectivity index (χ4v) is 6.85. The average molecular weight is 494 g/mol. The first-order valence-electron chi connectivity index (χ1n) is 13.5. The van der Waals surface area contributed by atoms with E-state index in [0.29, 0.717) is 0 Å². The second-order valence-corrected chi connectivity index (χ2v) is 10.5. The molecule has 1 aromatic heterocycles. The summed E-state index contributed by atoms with van der Waals surface area (Å²) < 4.78 is 2.51. The Morgan fingerprint density at radius 3 is 1.97 bits per heavy atom. The average Bonchev–Trinajstić information content (AvgIpc) is 3.31. The van der Waals surface area contributed by atoms with Crippen LogP contribution in [0.25, 0.3) is 82.4 Å². The summed E-state index contributed by atoms with van der Waals surface area (Å²) in [5, 5.41) is 7.87. The molecule has 1 heteroatoms. The van der Waals surface area contributed by atoms with Crippen LogP contribution < -0.4 is 0 Å². The molecule has 7 aromatic carbocycles. The molecule has 1 aliphatic rings. The van der Waals surface area contributed by atoms with Crippen LogP contribution in [0.5, 0.6) is 0 Å². The van der Waals surface area contributed by atoms with Gasteiger partial charge in [-0.05, 0) is 73.8 Å². The van der Waals surface area contributed by atoms with Crippen molar-refractivity contribution in [3.8, 4) is 39.1 Å². The molecule has 0 radical (unpaired) electrons. The topological polar surface area (TPSA) is 4.93 Å². The summed E-state index contributed by atoms with van der Waals surface area (Å²) in [6.45, 7) is 0. The summed E-state index contributed by atoms with van der Waals surface area (Å²) in [7, 11) is 0. The van der Waals surface area contributed by atoms with E-state index in [0.717, 1.165) is 0 Å². The van der Waals surface area contributed by atoms with Gasteiger partial charge < -0.3 is 4.57 Å². The van der Waals surface area contributed by atoms with Gasteiger partial charge in [0.25, 0.3) is 0 Å². The maximum atomic E-state index is 2.51. The molecular weight excluding hydrogens is 470 g/mol. The Kier molecular flexibility index (Phi) is 4.11. The largest absolute Gasteiger partial charge is 0.309 e. The molecule has 0 spiro atoms. The molecule has 0 unspecified atom stereocenters. The van der Waals surface area contributed by atoms with Crippen molar-refractivity contribution in [2.45, 2.75) is 0 Å². The van der Waals surface area contributed by atoms with Crippen LogP contribution in [0.15, 0.2) is 140 Å². The first-order chi connectivity index (χ1) is 19.4. The van der Waals surface area contributed by atoms with Crippen LogP contribution in [-0.4, -0.2) is 4.57 Å². The second-order valence-electron chi connectivity index (χ2n) is 10.5. The minimum atomic E-state index is 1.18. The van der Waals surface area contributed by atoms with Crippen molar-refractivity contribution in [2.75, 3.05) is 0 Å². The molecule has 0 saturated heterocycles. The van der Waals surface area contributed by atoms with E-state index in [1.165, 1.54) is 82.4 Å². The summed E-state index contributed by atoms with van der Waals surface area (Å²) in [5.74, 6) is 0. The van der Waals surface area contributed by atoms with Crippen LogP contribution in [-0.2, 0) is 0 Å². The molecule has 8 aromatic rings. The third-order valence-electron chi connectivity index (χ3n) is 8.48. The van der Waals surface area contributed by atoms with Crippen LogP contribution >= 0.6 is 0 Å². The second kappa shape index (κ2) is 7.69. The van der Waals surface area contributed by atoms with Gasteiger partial charge in [0.2, 0.25) is 0 Å². The SMILES string of the molecule is c1ccc(-c2cccc(-n3c4ccc5cccc6c5c4c4c(cc5ccccc5c43)-c3ccccc3-6)c2)cc1. The van der Waals surface area contributed by atoms with Crippen molar-refractivity contribution in [3.63, 3.8) is 0 Å². The van der Waals surface area contributed by atoms with E-state index in [4.69, 9.17) is 0 Å². The first-order valence-corrected chi connectivity index (χ1v) is 13.5. The number of rotatable bonds is 2. The molecule has 0 amide bonds. The molecule has 0 atom stereocenters. The van der Waals surface area contributed by atoms with E-state index in [9.17, 15) is 0 Å². The van der Waals surface area contributed by atoms with Crippen LogP contribution in [0.3, 0.4) is 0 Å². The third-order valence-corrected chi connectivity index (χ3v) is 8.48. The van der Waals surface area contributed by atoms with E-state index in [-0.39, 0.29) is 0 Å². The maximum Gasteiger partial charge on any atom is 0.0625 e. The van der Waals surface area contributed by atoms with Gasteiger partial charge in [-0.2, -0.15) is 0 Å². The summed E-state index contributed by atoms with van der Waals surface area (Å²) in [5.41, 5.74) is 11.4. The number of hydrogen-bond donors (Lipinski definition) is 0. The predicted molar refractivity (Wildman–Crippen MR) is 166 cm³/mol. The van der Waals surface area contributed by atoms with Crippen molar-refractivity contribution >= 4 is 43.4 Å². The molecule has 0 aliphatic heterocycles. The molecule has 0 bridgehead atoms. The Morgan fingerprint density at radius 1 is 0.385 bits per heavy atom. The number of aromatic nitrogens is 1. The van der Waals surface area contributed by atoms with E-state index < -0.39 is 0 Å². The van der Waals surface area contributed by atoms with Gasteiger partial charge in [-0.15, -0.1) is 0 Å². The smallest absolute Gasteiger partial charge is 0.0625 e. The van der Waals surface area contributed by atoms with Crippen molar-refractivity contribution < 1.29 is 0 Å². The molecule has 9 rings (SSSR count). The highest BCUT2D eigenvalue weighted by Gasteiger charge is 2.26. The normalized spacial score (nSPS) is 12.1. The zero-order valence-corrected chi connectivity index (χ0v) is 21.2. The minimum absolute atomic E-state index is 1.18. The summed E-state index contributed by atoms with van der Waals surface area (Å²) in [6.07, 6.45) is 0. The van der Waals surface area contributed by atoms with Crippen molar-refractivity contribution in [1.29, 1.82) is 0 Å². The first kappa shape index (κ1) is 20.9. The van der Waals surface area contributed by atoms with Crippen LogP contribution in [0, 0.1) is 0 Å². The third kappa shape index (κ3) is 2.79. The van der Waals surface area contributed by atoms with E-state index in [1.54, 1.807) is 0 Å². The zero-order valence-electron chi connectivity index (χ0n) is 21.2. The highest BCUT2D eigenvalue weighted by Crippen LogP contribution is 2.51. The monoisotopic (exact) mass is 493 g/mol. The standard InChI is InChI=1S/C38H23N/c1-2-10-24(11-3-1)26-14-8-15-28(22-26)39-34-21-20-25-13-9-19-32-30-17-6-7-18-31(30)33-23-27-12-4-5-16-29(27)38(39)36(33)37(34)35(25)32/h1-23H. The van der Waals surface area contributed by atoms with Gasteiger partial charge in [-0.1, -0.05) is 115 Å². The summed E-state index contributed by atoms with van der Waals surface area (Å²) in [6, 6.07) is 51.2. The molecule has 1 nitrogen and oxygen atoms in total. The van der Waals surface area contributed by atoms with Crippen LogP contribution in [0.1, 0.15) is 0 Å². The van der Waals surface area contributed by atoms with E-state index in [1.807, 2.05) is 0 Å². The number of benzene rings is 7. The molecule has 0 N–H and O–H groups in total. The lowest BCUT2D eigenvalue weighted by Gasteiger charge is -2.16. The Labute approximate surface area is 226 Å². The molecule has 0 fully saturated rings. The molecule has 0 saturated carbocycles. The number of hydrogen-bond acceptors (Lipinski definition) is 0. The van der Waals surface area contributed by atoms with Crippen LogP contribution in [0.2, 0.25) is 0 Å². The molecule has 39 heavy (non-hydrogen) atoms. The van der Waals surface area contributed by atoms with Gasteiger partial charge in [-0.25, -0.2) is 0 Å². The van der Waals surface area contributed by atoms with Gasteiger partial charge >= 0.3 is 0 Å². The highest BCUT2D eigenvalue weighted by atomic mass is 15.0. The van der Waals surface area contributed by atoms with Gasteiger partial charge in [-0.3, -0.25) is 0 Å². The maximum absolute atomic E-state index is 2.51. The minimum Gasteiger partial charge on any atom is -0.309 e. The van der Waals surface area contributed by atoms with Crippen LogP contribution in [0.4, 0.5) is 0 Å². The molecule has 1 heterocycles. The molecule has 1 aliphatic carbocycles. The summed E-state index contributed by atoms with van der Waals surface area (Å²) >= 11 is 0. The molecule has 180 valence electrons. The van der Waals surface area contributed by atoms with Crippen molar-refractivity contribution in [3.05, 3.63) is 140 Å². The lowest BCUT2D eigenvalue weighted by atomic mass is 9.92. The molecular formula is C38H23N. The van der Waals surface area contributed by atoms with Gasteiger partial charge in [0.05, 0.1) is 11.0 Å². The predicted octanol–water partition coefficient (Wildman–Crippen LogP) is 10.4. The van der Waals surface area contributed by atoms with Gasteiger partial charge in [0.15, 0.2) is 0 Å².